The summed E-state index contributed by atoms with van der Waals surface area (Å²) < 4.78 is 11.6. The van der Waals surface area contributed by atoms with Gasteiger partial charge in [-0.15, -0.1) is 0 Å². The minimum atomic E-state index is 0.122. The Balaban J connectivity index is 1.33. The number of benzene rings is 2. The Morgan fingerprint density at radius 2 is 1.87 bits per heavy atom. The first-order valence-electron chi connectivity index (χ1n) is 11.2. The Bertz CT molecular complexity index is 942. The number of carbonyl (C=O) groups is 1. The van der Waals surface area contributed by atoms with E-state index in [2.05, 4.69) is 47.1 Å². The summed E-state index contributed by atoms with van der Waals surface area (Å²) >= 11 is 0. The Labute approximate surface area is 178 Å². The van der Waals surface area contributed by atoms with Crippen LogP contribution in [-0.2, 0) is 11.2 Å². The number of aryl methyl sites for hydroxylation is 2. The largest absolute Gasteiger partial charge is 0.490 e. The normalized spacial score (nSPS) is 20.6. The SMILES string of the molecule is Cc1ccc2c(c1)CCCN2CC(=O)N1CCC[C@@H]1c1ccc2c(c1)OCCCO2. The monoisotopic (exact) mass is 406 g/mol. The maximum absolute atomic E-state index is 13.3. The van der Waals surface area contributed by atoms with Crippen LogP contribution in [-0.4, -0.2) is 43.7 Å². The molecule has 1 atom stereocenters. The molecule has 0 spiro atoms. The van der Waals surface area contributed by atoms with E-state index in [1.807, 2.05) is 6.07 Å². The van der Waals surface area contributed by atoms with Crippen LogP contribution in [0.3, 0.4) is 0 Å². The molecule has 0 radical (unpaired) electrons. The third-order valence-electron chi connectivity index (χ3n) is 6.51. The number of rotatable bonds is 3. The molecule has 0 aliphatic carbocycles. The fraction of sp³-hybridized carbons (Fsp3) is 0.480. The molecule has 5 nitrogen and oxygen atoms in total. The van der Waals surface area contributed by atoms with E-state index < -0.39 is 0 Å². The molecule has 5 heteroatoms. The van der Waals surface area contributed by atoms with Gasteiger partial charge in [-0.05, 0) is 61.9 Å². The number of anilines is 1. The number of fused-ring (bicyclic) bond motifs is 2. The molecule has 3 aliphatic heterocycles. The van der Waals surface area contributed by atoms with Crippen molar-refractivity contribution >= 4 is 11.6 Å². The van der Waals surface area contributed by atoms with Crippen LogP contribution in [0.25, 0.3) is 0 Å². The van der Waals surface area contributed by atoms with Crippen molar-refractivity contribution in [2.45, 2.75) is 45.1 Å². The van der Waals surface area contributed by atoms with Crippen LogP contribution in [0.2, 0.25) is 0 Å². The second-order valence-electron chi connectivity index (χ2n) is 8.66. The average Bonchev–Trinajstić information content (AvgIpc) is 3.12. The van der Waals surface area contributed by atoms with E-state index in [9.17, 15) is 4.79 Å². The maximum atomic E-state index is 13.3. The van der Waals surface area contributed by atoms with E-state index in [1.165, 1.54) is 16.8 Å². The molecule has 0 saturated carbocycles. The third-order valence-corrected chi connectivity index (χ3v) is 6.51. The van der Waals surface area contributed by atoms with Crippen LogP contribution in [0.4, 0.5) is 5.69 Å². The van der Waals surface area contributed by atoms with Crippen molar-refractivity contribution in [1.29, 1.82) is 0 Å². The number of likely N-dealkylation sites (tertiary alicyclic amines) is 1. The van der Waals surface area contributed by atoms with Crippen LogP contribution in [0.1, 0.15) is 48.4 Å². The molecule has 5 rings (SSSR count). The number of hydrogen-bond donors (Lipinski definition) is 0. The lowest BCUT2D eigenvalue weighted by atomic mass is 9.99. The second kappa shape index (κ2) is 8.21. The standard InChI is InChI=1S/C25H30N2O3/c1-18-7-9-21-19(15-18)5-2-11-26(21)17-25(28)27-12-3-6-22(27)20-8-10-23-24(16-20)30-14-4-13-29-23/h7-10,15-16,22H,2-6,11-14,17H2,1H3/t22-/m1/s1. The lowest BCUT2D eigenvalue weighted by Gasteiger charge is -2.34. The number of hydrogen-bond acceptors (Lipinski definition) is 4. The van der Waals surface area contributed by atoms with E-state index in [0.717, 1.165) is 62.3 Å². The van der Waals surface area contributed by atoms with Crippen LogP contribution < -0.4 is 14.4 Å². The molecule has 0 unspecified atom stereocenters. The Kier molecular flexibility index (Phi) is 5.28. The van der Waals surface area contributed by atoms with Crippen molar-refractivity contribution in [2.75, 3.05) is 37.7 Å². The number of ether oxygens (including phenoxy) is 2. The zero-order valence-corrected chi connectivity index (χ0v) is 17.7. The summed E-state index contributed by atoms with van der Waals surface area (Å²) in [6.45, 7) is 5.73. The van der Waals surface area contributed by atoms with Gasteiger partial charge in [0.05, 0.1) is 25.8 Å². The molecule has 0 N–H and O–H groups in total. The summed E-state index contributed by atoms with van der Waals surface area (Å²) in [4.78, 5) is 17.7. The molecule has 0 bridgehead atoms. The summed E-state index contributed by atoms with van der Waals surface area (Å²) in [5, 5.41) is 0. The maximum Gasteiger partial charge on any atom is 0.242 e. The van der Waals surface area contributed by atoms with Gasteiger partial charge in [-0.2, -0.15) is 0 Å². The van der Waals surface area contributed by atoms with Crippen molar-refractivity contribution in [3.63, 3.8) is 0 Å². The summed E-state index contributed by atoms with van der Waals surface area (Å²) in [6, 6.07) is 12.9. The molecule has 1 saturated heterocycles. The van der Waals surface area contributed by atoms with Gasteiger partial charge >= 0.3 is 0 Å². The van der Waals surface area contributed by atoms with Crippen LogP contribution in [0, 0.1) is 6.92 Å². The van der Waals surface area contributed by atoms with E-state index in [4.69, 9.17) is 9.47 Å². The second-order valence-corrected chi connectivity index (χ2v) is 8.66. The van der Waals surface area contributed by atoms with E-state index in [1.54, 1.807) is 0 Å². The molecule has 3 aliphatic rings. The summed E-state index contributed by atoms with van der Waals surface area (Å²) in [5.41, 5.74) is 5.04. The summed E-state index contributed by atoms with van der Waals surface area (Å²) in [6.07, 6.45) is 5.15. The fourth-order valence-electron chi connectivity index (χ4n) is 5.02. The predicted molar refractivity (Wildman–Crippen MR) is 117 cm³/mol. The van der Waals surface area contributed by atoms with Crippen LogP contribution >= 0.6 is 0 Å². The predicted octanol–water partition coefficient (Wildman–Crippen LogP) is 4.27. The van der Waals surface area contributed by atoms with E-state index >= 15 is 0 Å². The van der Waals surface area contributed by atoms with Gasteiger partial charge in [-0.3, -0.25) is 4.79 Å². The Morgan fingerprint density at radius 1 is 1.00 bits per heavy atom. The minimum Gasteiger partial charge on any atom is -0.490 e. The molecule has 3 heterocycles. The van der Waals surface area contributed by atoms with E-state index in [0.29, 0.717) is 19.8 Å². The fourth-order valence-corrected chi connectivity index (χ4v) is 5.02. The molecular weight excluding hydrogens is 376 g/mol. The molecular formula is C25H30N2O3. The number of nitrogens with zero attached hydrogens (tertiary/aromatic N) is 2. The third kappa shape index (κ3) is 3.73. The van der Waals surface area contributed by atoms with Crippen LogP contribution in [0.5, 0.6) is 11.5 Å². The molecule has 2 aromatic carbocycles. The van der Waals surface area contributed by atoms with Gasteiger partial charge in [0.1, 0.15) is 0 Å². The van der Waals surface area contributed by atoms with Crippen molar-refractivity contribution in [3.8, 4) is 11.5 Å². The topological polar surface area (TPSA) is 42.0 Å². The zero-order valence-electron chi connectivity index (χ0n) is 17.7. The molecule has 2 aromatic rings. The average molecular weight is 407 g/mol. The number of amides is 1. The van der Waals surface area contributed by atoms with Gasteiger partial charge in [0, 0.05) is 25.2 Å². The summed E-state index contributed by atoms with van der Waals surface area (Å²) in [5.74, 6) is 1.84. The first-order valence-corrected chi connectivity index (χ1v) is 11.2. The molecule has 0 aromatic heterocycles. The smallest absolute Gasteiger partial charge is 0.242 e. The lowest BCUT2D eigenvalue weighted by Crippen LogP contribution is -2.42. The number of carbonyl (C=O) groups excluding carboxylic acids is 1. The Morgan fingerprint density at radius 3 is 2.77 bits per heavy atom. The van der Waals surface area contributed by atoms with Crippen molar-refractivity contribution < 1.29 is 14.3 Å². The van der Waals surface area contributed by atoms with Gasteiger partial charge in [0.15, 0.2) is 11.5 Å². The lowest BCUT2D eigenvalue weighted by molar-refractivity contribution is -0.130. The van der Waals surface area contributed by atoms with Gasteiger partial charge in [0.25, 0.3) is 0 Å². The van der Waals surface area contributed by atoms with Crippen molar-refractivity contribution in [3.05, 3.63) is 53.1 Å². The highest BCUT2D eigenvalue weighted by atomic mass is 16.5. The quantitative estimate of drug-likeness (QED) is 0.763. The highest BCUT2D eigenvalue weighted by molar-refractivity contribution is 5.83. The first-order chi connectivity index (χ1) is 14.7. The molecule has 1 fully saturated rings. The van der Waals surface area contributed by atoms with Gasteiger partial charge in [-0.25, -0.2) is 0 Å². The molecule has 30 heavy (non-hydrogen) atoms. The van der Waals surface area contributed by atoms with Crippen molar-refractivity contribution in [1.82, 2.24) is 4.90 Å². The highest BCUT2D eigenvalue weighted by Crippen LogP contribution is 2.38. The minimum absolute atomic E-state index is 0.122. The summed E-state index contributed by atoms with van der Waals surface area (Å²) in [7, 11) is 0. The van der Waals surface area contributed by atoms with Gasteiger partial charge < -0.3 is 19.3 Å². The molecule has 158 valence electrons. The van der Waals surface area contributed by atoms with Gasteiger partial charge in [0.2, 0.25) is 5.91 Å². The van der Waals surface area contributed by atoms with Crippen molar-refractivity contribution in [2.24, 2.45) is 0 Å². The van der Waals surface area contributed by atoms with E-state index in [-0.39, 0.29) is 11.9 Å². The Hall–Kier alpha value is -2.69. The van der Waals surface area contributed by atoms with Crippen LogP contribution in [0.15, 0.2) is 36.4 Å². The molecule has 1 amide bonds. The van der Waals surface area contributed by atoms with Gasteiger partial charge in [-0.1, -0.05) is 23.8 Å². The first kappa shape index (κ1) is 19.3. The highest BCUT2D eigenvalue weighted by Gasteiger charge is 2.32. The zero-order chi connectivity index (χ0) is 20.5.